The molecule has 0 N–H and O–H groups in total. The molecule has 0 radical (unpaired) electrons. The van der Waals surface area contributed by atoms with E-state index >= 15 is 0 Å². The van der Waals surface area contributed by atoms with Gasteiger partial charge in [-0.3, -0.25) is 14.9 Å². The van der Waals surface area contributed by atoms with E-state index in [1.54, 1.807) is 20.3 Å². The number of aryl methyl sites for hydroxylation is 1. The van der Waals surface area contributed by atoms with Crippen molar-refractivity contribution >= 4 is 33.1 Å². The molecule has 0 aliphatic carbocycles. The highest BCUT2D eigenvalue weighted by Gasteiger charge is 2.14. The number of amides is 1. The number of benzene rings is 2. The van der Waals surface area contributed by atoms with E-state index in [0.717, 1.165) is 16.6 Å². The molecule has 3 aromatic rings. The van der Waals surface area contributed by atoms with Gasteiger partial charge in [-0.25, -0.2) is 0 Å². The summed E-state index contributed by atoms with van der Waals surface area (Å²) in [4.78, 5) is 28.1. The normalized spacial score (nSPS) is 11.8. The van der Waals surface area contributed by atoms with E-state index in [1.807, 2.05) is 29.7 Å². The number of methoxy groups -OCH3 is 2. The number of carbonyl (C=O) groups excluding carboxylic acids is 1. The van der Waals surface area contributed by atoms with Gasteiger partial charge in [0.1, 0.15) is 5.75 Å². The summed E-state index contributed by atoms with van der Waals surface area (Å²) in [6.45, 7) is 2.85. The maximum atomic E-state index is 12.7. The minimum absolute atomic E-state index is 0.0000141. The lowest BCUT2D eigenvalue weighted by atomic mass is 10.1. The standard InChI is InChI=1S/C20H21N3O5S/c1-13-4-7-17(28-3)14(10-13)11-19(24)21-20-22(8-9-27-2)16-6-5-15(23(25)26)12-18(16)29-20/h4-7,10,12H,8-9,11H2,1-3H3. The Morgan fingerprint density at radius 3 is 2.72 bits per heavy atom. The zero-order valence-electron chi connectivity index (χ0n) is 16.4. The Hall–Kier alpha value is -3.04. The fraction of sp³-hybridized carbons (Fsp3) is 0.300. The highest BCUT2D eigenvalue weighted by Crippen LogP contribution is 2.24. The fourth-order valence-electron chi connectivity index (χ4n) is 3.01. The van der Waals surface area contributed by atoms with Crippen molar-refractivity contribution in [3.63, 3.8) is 0 Å². The van der Waals surface area contributed by atoms with E-state index in [1.165, 1.54) is 23.5 Å². The second-order valence-corrected chi connectivity index (χ2v) is 7.44. The molecule has 0 fully saturated rings. The van der Waals surface area contributed by atoms with E-state index in [0.29, 0.717) is 28.4 Å². The van der Waals surface area contributed by atoms with Gasteiger partial charge in [0.2, 0.25) is 0 Å². The molecular formula is C20H21N3O5S. The van der Waals surface area contributed by atoms with Crippen molar-refractivity contribution in [2.45, 2.75) is 19.9 Å². The smallest absolute Gasteiger partial charge is 0.270 e. The highest BCUT2D eigenvalue weighted by molar-refractivity contribution is 7.16. The number of fused-ring (bicyclic) bond motifs is 1. The number of ether oxygens (including phenoxy) is 2. The van der Waals surface area contributed by atoms with E-state index in [9.17, 15) is 14.9 Å². The summed E-state index contributed by atoms with van der Waals surface area (Å²) >= 11 is 1.24. The van der Waals surface area contributed by atoms with Crippen LogP contribution in [0.2, 0.25) is 0 Å². The van der Waals surface area contributed by atoms with E-state index in [2.05, 4.69) is 4.99 Å². The molecule has 1 aromatic heterocycles. The lowest BCUT2D eigenvalue weighted by Crippen LogP contribution is -2.19. The van der Waals surface area contributed by atoms with Gasteiger partial charge in [0.05, 0.1) is 35.3 Å². The maximum Gasteiger partial charge on any atom is 0.270 e. The molecule has 29 heavy (non-hydrogen) atoms. The van der Waals surface area contributed by atoms with Crippen LogP contribution in [0.1, 0.15) is 11.1 Å². The molecule has 1 heterocycles. The summed E-state index contributed by atoms with van der Waals surface area (Å²) in [6, 6.07) is 10.3. The molecule has 0 unspecified atom stereocenters. The summed E-state index contributed by atoms with van der Waals surface area (Å²) in [5, 5.41) is 11.1. The zero-order chi connectivity index (χ0) is 21.0. The molecule has 3 rings (SSSR count). The molecule has 0 aliphatic heterocycles. The molecule has 152 valence electrons. The van der Waals surface area contributed by atoms with Crippen LogP contribution in [-0.2, 0) is 22.5 Å². The second kappa shape index (κ2) is 8.97. The van der Waals surface area contributed by atoms with Gasteiger partial charge in [-0.1, -0.05) is 29.0 Å². The van der Waals surface area contributed by atoms with E-state index in [4.69, 9.17) is 9.47 Å². The predicted molar refractivity (Wildman–Crippen MR) is 110 cm³/mol. The van der Waals surface area contributed by atoms with Gasteiger partial charge in [-0.05, 0) is 19.1 Å². The minimum Gasteiger partial charge on any atom is -0.496 e. The number of non-ortho nitro benzene ring substituents is 1. The van der Waals surface area contributed by atoms with Gasteiger partial charge in [0.25, 0.3) is 11.6 Å². The molecule has 9 heteroatoms. The summed E-state index contributed by atoms with van der Waals surface area (Å²) in [7, 11) is 3.15. The molecule has 0 saturated heterocycles. The molecule has 8 nitrogen and oxygen atoms in total. The fourth-order valence-corrected chi connectivity index (χ4v) is 4.12. The van der Waals surface area contributed by atoms with Crippen molar-refractivity contribution < 1.29 is 19.2 Å². The first kappa shape index (κ1) is 20.7. The molecule has 2 aromatic carbocycles. The number of nitrogens with zero attached hydrogens (tertiary/aromatic N) is 3. The Kier molecular flexibility index (Phi) is 6.40. The van der Waals surface area contributed by atoms with Crippen LogP contribution in [0.4, 0.5) is 5.69 Å². The summed E-state index contributed by atoms with van der Waals surface area (Å²) < 4.78 is 13.0. The molecule has 0 aliphatic rings. The molecule has 0 atom stereocenters. The van der Waals surface area contributed by atoms with Crippen molar-refractivity contribution in [2.75, 3.05) is 20.8 Å². The van der Waals surface area contributed by atoms with Crippen LogP contribution in [0.25, 0.3) is 10.2 Å². The van der Waals surface area contributed by atoms with Crippen molar-refractivity contribution in [1.82, 2.24) is 4.57 Å². The average molecular weight is 415 g/mol. The monoisotopic (exact) mass is 415 g/mol. The third-order valence-electron chi connectivity index (χ3n) is 4.39. The third kappa shape index (κ3) is 4.69. The first-order valence-electron chi connectivity index (χ1n) is 8.90. The first-order chi connectivity index (χ1) is 13.9. The van der Waals surface area contributed by atoms with Gasteiger partial charge >= 0.3 is 0 Å². The van der Waals surface area contributed by atoms with Crippen molar-refractivity contribution in [2.24, 2.45) is 4.99 Å². The predicted octanol–water partition coefficient (Wildman–Crippen LogP) is 3.24. The Labute approximate surface area is 171 Å². The third-order valence-corrected chi connectivity index (χ3v) is 5.44. The largest absolute Gasteiger partial charge is 0.496 e. The number of carbonyl (C=O) groups is 1. The Balaban J connectivity index is 2.02. The number of hydrogen-bond acceptors (Lipinski definition) is 6. The van der Waals surface area contributed by atoms with Crippen LogP contribution in [0, 0.1) is 17.0 Å². The molecular weight excluding hydrogens is 394 g/mol. The number of aromatic nitrogens is 1. The molecule has 0 saturated carbocycles. The average Bonchev–Trinajstić information content (AvgIpc) is 3.02. The number of rotatable bonds is 7. The number of thiazole rings is 1. The van der Waals surface area contributed by atoms with Crippen molar-refractivity contribution in [3.8, 4) is 5.75 Å². The van der Waals surface area contributed by atoms with Crippen LogP contribution in [0.15, 0.2) is 41.4 Å². The van der Waals surface area contributed by atoms with Crippen LogP contribution < -0.4 is 9.54 Å². The topological polar surface area (TPSA) is 96.0 Å². The zero-order valence-corrected chi connectivity index (χ0v) is 17.2. The summed E-state index contributed by atoms with van der Waals surface area (Å²) in [5.74, 6) is 0.319. The summed E-state index contributed by atoms with van der Waals surface area (Å²) in [6.07, 6.45) is 0.101. The van der Waals surface area contributed by atoms with Crippen molar-refractivity contribution in [1.29, 1.82) is 0 Å². The van der Waals surface area contributed by atoms with Gasteiger partial charge in [0, 0.05) is 31.4 Å². The quantitative estimate of drug-likeness (QED) is 0.436. The van der Waals surface area contributed by atoms with Gasteiger partial charge in [0.15, 0.2) is 4.80 Å². The SMILES string of the molecule is COCCn1c(=NC(=O)Cc2cc(C)ccc2OC)sc2cc([N+](=O)[O-])ccc21. The van der Waals surface area contributed by atoms with Gasteiger partial charge in [-0.2, -0.15) is 4.99 Å². The number of nitro benzene ring substituents is 1. The maximum absolute atomic E-state index is 12.7. The van der Waals surface area contributed by atoms with Crippen LogP contribution >= 0.6 is 11.3 Å². The van der Waals surface area contributed by atoms with E-state index < -0.39 is 4.92 Å². The number of nitro groups is 1. The summed E-state index contributed by atoms with van der Waals surface area (Å²) in [5.41, 5.74) is 2.57. The van der Waals surface area contributed by atoms with Gasteiger partial charge in [-0.15, -0.1) is 0 Å². The minimum atomic E-state index is -0.440. The molecule has 0 bridgehead atoms. The Morgan fingerprint density at radius 1 is 1.24 bits per heavy atom. The Morgan fingerprint density at radius 2 is 2.03 bits per heavy atom. The molecule has 1 amide bonds. The van der Waals surface area contributed by atoms with Crippen LogP contribution in [0.3, 0.4) is 0 Å². The van der Waals surface area contributed by atoms with Crippen molar-refractivity contribution in [3.05, 3.63) is 62.4 Å². The highest BCUT2D eigenvalue weighted by atomic mass is 32.1. The molecule has 0 spiro atoms. The van der Waals surface area contributed by atoms with E-state index in [-0.39, 0.29) is 18.0 Å². The Bertz CT molecular complexity index is 1130. The van der Waals surface area contributed by atoms with Crippen LogP contribution in [0.5, 0.6) is 5.75 Å². The van der Waals surface area contributed by atoms with Crippen LogP contribution in [-0.4, -0.2) is 36.2 Å². The lowest BCUT2D eigenvalue weighted by Gasteiger charge is -2.07. The van der Waals surface area contributed by atoms with Gasteiger partial charge < -0.3 is 14.0 Å². The first-order valence-corrected chi connectivity index (χ1v) is 9.72. The number of hydrogen-bond donors (Lipinski definition) is 0. The lowest BCUT2D eigenvalue weighted by molar-refractivity contribution is -0.384. The second-order valence-electron chi connectivity index (χ2n) is 6.44.